The molecule has 0 bridgehead atoms. The molecule has 2 rings (SSSR count). The van der Waals surface area contributed by atoms with Crippen molar-refractivity contribution in [1.29, 1.82) is 0 Å². The van der Waals surface area contributed by atoms with Crippen molar-refractivity contribution in [2.45, 2.75) is 6.92 Å². The second-order valence-corrected chi connectivity index (χ2v) is 5.23. The number of hydrogen-bond donors (Lipinski definition) is 2. The van der Waals surface area contributed by atoms with Gasteiger partial charge < -0.3 is 10.6 Å². The maximum atomic E-state index is 11.9. The van der Waals surface area contributed by atoms with Gasteiger partial charge in [-0.2, -0.15) is 0 Å². The average molecular weight is 349 g/mol. The summed E-state index contributed by atoms with van der Waals surface area (Å²) in [6, 6.07) is 7.25. The van der Waals surface area contributed by atoms with Crippen LogP contribution in [0.4, 0.5) is 11.4 Å². The maximum absolute atomic E-state index is 11.9. The van der Waals surface area contributed by atoms with Gasteiger partial charge in [0.25, 0.3) is 11.6 Å². The van der Waals surface area contributed by atoms with Crippen molar-refractivity contribution in [1.82, 2.24) is 10.3 Å². The number of nitro benzene ring substituents is 1. The van der Waals surface area contributed by atoms with Crippen molar-refractivity contribution in [3.8, 4) is 0 Å². The summed E-state index contributed by atoms with van der Waals surface area (Å²) in [6.45, 7) is 1.22. The number of halogens is 1. The number of aromatic nitrogens is 1. The second-order valence-electron chi connectivity index (χ2n) is 4.80. The van der Waals surface area contributed by atoms with Crippen molar-refractivity contribution in [2.24, 2.45) is 0 Å². The number of carbonyl (C=O) groups excluding carboxylic acids is 2. The summed E-state index contributed by atoms with van der Waals surface area (Å²) < 4.78 is 0. The smallest absolute Gasteiger partial charge is 0.274 e. The first-order chi connectivity index (χ1) is 11.4. The van der Waals surface area contributed by atoms with Crippen LogP contribution in [0.1, 0.15) is 16.1 Å². The van der Waals surface area contributed by atoms with E-state index in [4.69, 9.17) is 11.6 Å². The molecule has 1 heterocycles. The number of pyridine rings is 1. The lowest BCUT2D eigenvalue weighted by atomic mass is 10.1. The van der Waals surface area contributed by atoms with Crippen LogP contribution in [0.25, 0.3) is 0 Å². The van der Waals surface area contributed by atoms with Crippen LogP contribution in [0.3, 0.4) is 0 Å². The van der Waals surface area contributed by atoms with Crippen molar-refractivity contribution >= 4 is 34.8 Å². The van der Waals surface area contributed by atoms with Gasteiger partial charge in [0.1, 0.15) is 5.69 Å². The number of amides is 2. The van der Waals surface area contributed by atoms with E-state index in [1.807, 2.05) is 0 Å². The minimum atomic E-state index is -0.552. The molecule has 0 unspecified atom stereocenters. The van der Waals surface area contributed by atoms with Gasteiger partial charge in [-0.25, -0.2) is 0 Å². The van der Waals surface area contributed by atoms with Gasteiger partial charge in [0.2, 0.25) is 5.91 Å². The van der Waals surface area contributed by atoms with Gasteiger partial charge in [0.05, 0.1) is 22.7 Å². The Kier molecular flexibility index (Phi) is 5.43. The molecule has 0 aliphatic carbocycles. The van der Waals surface area contributed by atoms with E-state index < -0.39 is 16.7 Å². The Morgan fingerprint density at radius 2 is 2.08 bits per heavy atom. The molecule has 2 N–H and O–H groups in total. The summed E-state index contributed by atoms with van der Waals surface area (Å²) in [5, 5.41) is 16.1. The van der Waals surface area contributed by atoms with Crippen molar-refractivity contribution in [3.05, 3.63) is 62.9 Å². The van der Waals surface area contributed by atoms with Crippen LogP contribution in [0.5, 0.6) is 0 Å². The van der Waals surface area contributed by atoms with Gasteiger partial charge >= 0.3 is 0 Å². The number of rotatable bonds is 5. The highest BCUT2D eigenvalue weighted by Crippen LogP contribution is 2.24. The number of benzene rings is 1. The summed E-state index contributed by atoms with van der Waals surface area (Å²) in [4.78, 5) is 38.0. The topological polar surface area (TPSA) is 114 Å². The molecule has 124 valence electrons. The van der Waals surface area contributed by atoms with E-state index in [0.29, 0.717) is 16.3 Å². The Hall–Kier alpha value is -3.00. The predicted octanol–water partition coefficient (Wildman–Crippen LogP) is 2.32. The highest BCUT2D eigenvalue weighted by atomic mass is 35.5. The molecule has 1 aromatic heterocycles. The fourth-order valence-corrected chi connectivity index (χ4v) is 2.09. The van der Waals surface area contributed by atoms with Crippen LogP contribution < -0.4 is 10.6 Å². The molecular weight excluding hydrogens is 336 g/mol. The fraction of sp³-hybridized carbons (Fsp3) is 0.133. The van der Waals surface area contributed by atoms with Gasteiger partial charge in [-0.1, -0.05) is 17.7 Å². The molecule has 0 atom stereocenters. The van der Waals surface area contributed by atoms with Crippen LogP contribution in [0.2, 0.25) is 5.02 Å². The first-order valence-corrected chi connectivity index (χ1v) is 7.20. The average Bonchev–Trinajstić information content (AvgIpc) is 2.54. The largest absolute Gasteiger partial charge is 0.342 e. The number of carbonyl (C=O) groups is 2. The molecule has 0 radical (unpaired) electrons. The Balaban J connectivity index is 1.98. The molecule has 0 spiro atoms. The van der Waals surface area contributed by atoms with Crippen molar-refractivity contribution in [3.63, 3.8) is 0 Å². The van der Waals surface area contributed by atoms with Crippen LogP contribution in [-0.2, 0) is 4.79 Å². The van der Waals surface area contributed by atoms with E-state index in [1.165, 1.54) is 37.4 Å². The number of hydrogen-bond acceptors (Lipinski definition) is 5. The molecule has 8 nitrogen and oxygen atoms in total. The first kappa shape index (κ1) is 17.4. The van der Waals surface area contributed by atoms with Gasteiger partial charge in [-0.3, -0.25) is 24.7 Å². The number of nitrogens with zero attached hydrogens (tertiary/aromatic N) is 2. The standard InChI is InChI=1S/C15H13ClN4O4/c1-9-11(3-2-4-13(9)20(23)24)19-14(21)8-18-15(22)12-7-10(16)5-6-17-12/h2-7H,8H2,1H3,(H,18,22)(H,19,21). The summed E-state index contributed by atoms with van der Waals surface area (Å²) in [7, 11) is 0. The van der Waals surface area contributed by atoms with Crippen LogP contribution in [0.15, 0.2) is 36.5 Å². The van der Waals surface area contributed by atoms with E-state index in [1.54, 1.807) is 6.07 Å². The first-order valence-electron chi connectivity index (χ1n) is 6.82. The van der Waals surface area contributed by atoms with E-state index in [0.717, 1.165) is 0 Å². The van der Waals surface area contributed by atoms with E-state index >= 15 is 0 Å². The highest BCUT2D eigenvalue weighted by molar-refractivity contribution is 6.30. The monoisotopic (exact) mass is 348 g/mol. The summed E-state index contributed by atoms with van der Waals surface area (Å²) >= 11 is 5.76. The normalized spacial score (nSPS) is 10.1. The lowest BCUT2D eigenvalue weighted by molar-refractivity contribution is -0.385. The number of nitrogens with one attached hydrogen (secondary N) is 2. The molecule has 0 saturated carbocycles. The molecule has 2 aromatic rings. The van der Waals surface area contributed by atoms with E-state index in [-0.39, 0.29) is 17.9 Å². The number of anilines is 1. The molecule has 1 aromatic carbocycles. The van der Waals surface area contributed by atoms with E-state index in [2.05, 4.69) is 15.6 Å². The molecule has 2 amide bonds. The zero-order valence-electron chi connectivity index (χ0n) is 12.6. The van der Waals surface area contributed by atoms with Crippen molar-refractivity contribution in [2.75, 3.05) is 11.9 Å². The Bertz CT molecular complexity index is 810. The molecule has 9 heteroatoms. The predicted molar refractivity (Wildman–Crippen MR) is 88.0 cm³/mol. The minimum absolute atomic E-state index is 0.0850. The Morgan fingerprint density at radius 1 is 1.33 bits per heavy atom. The highest BCUT2D eigenvalue weighted by Gasteiger charge is 2.15. The zero-order valence-corrected chi connectivity index (χ0v) is 13.3. The molecule has 24 heavy (non-hydrogen) atoms. The van der Waals surface area contributed by atoms with Gasteiger partial charge in [-0.15, -0.1) is 0 Å². The molecule has 0 aliphatic rings. The van der Waals surface area contributed by atoms with Gasteiger partial charge in [0, 0.05) is 17.3 Å². The maximum Gasteiger partial charge on any atom is 0.274 e. The molecular formula is C15H13ClN4O4. The third-order valence-electron chi connectivity index (χ3n) is 3.14. The van der Waals surface area contributed by atoms with Crippen LogP contribution in [-0.4, -0.2) is 28.3 Å². The fourth-order valence-electron chi connectivity index (χ4n) is 1.93. The molecule has 0 aliphatic heterocycles. The lowest BCUT2D eigenvalue weighted by Crippen LogP contribution is -2.33. The Labute approximate surface area is 142 Å². The van der Waals surface area contributed by atoms with E-state index in [9.17, 15) is 19.7 Å². The SMILES string of the molecule is Cc1c(NC(=O)CNC(=O)c2cc(Cl)ccn2)cccc1[N+](=O)[O-]. The van der Waals surface area contributed by atoms with Gasteiger partial charge in [-0.05, 0) is 25.1 Å². The molecule has 0 fully saturated rings. The zero-order chi connectivity index (χ0) is 17.7. The second kappa shape index (κ2) is 7.51. The summed E-state index contributed by atoms with van der Waals surface area (Å²) in [5.41, 5.74) is 0.629. The third-order valence-corrected chi connectivity index (χ3v) is 3.38. The summed E-state index contributed by atoms with van der Waals surface area (Å²) in [6.07, 6.45) is 1.38. The molecule has 0 saturated heterocycles. The lowest BCUT2D eigenvalue weighted by Gasteiger charge is -2.09. The summed E-state index contributed by atoms with van der Waals surface area (Å²) in [5.74, 6) is -1.07. The number of nitro groups is 1. The third kappa shape index (κ3) is 4.26. The van der Waals surface area contributed by atoms with Crippen LogP contribution in [0, 0.1) is 17.0 Å². The Morgan fingerprint density at radius 3 is 2.75 bits per heavy atom. The quantitative estimate of drug-likeness (QED) is 0.635. The van der Waals surface area contributed by atoms with Crippen molar-refractivity contribution < 1.29 is 14.5 Å². The van der Waals surface area contributed by atoms with Gasteiger partial charge in [0.15, 0.2) is 0 Å². The minimum Gasteiger partial charge on any atom is -0.342 e. The van der Waals surface area contributed by atoms with Crippen LogP contribution >= 0.6 is 11.6 Å².